The van der Waals surface area contributed by atoms with E-state index in [1.54, 1.807) is 6.33 Å². The number of rotatable bonds is 2. The molecule has 0 radical (unpaired) electrons. The Balaban J connectivity index is 1.86. The Labute approximate surface area is 106 Å². The van der Waals surface area contributed by atoms with Gasteiger partial charge in [-0.25, -0.2) is 4.98 Å². The van der Waals surface area contributed by atoms with E-state index in [4.69, 9.17) is 0 Å². The maximum Gasteiger partial charge on any atom is 0.253 e. The molecule has 1 N–H and O–H groups in total. The fourth-order valence-corrected chi connectivity index (χ4v) is 2.73. The zero-order chi connectivity index (χ0) is 12.5. The van der Waals surface area contributed by atoms with Crippen LogP contribution in [-0.2, 0) is 0 Å². The van der Waals surface area contributed by atoms with Gasteiger partial charge in [-0.1, -0.05) is 12.8 Å². The van der Waals surface area contributed by atoms with Gasteiger partial charge in [-0.15, -0.1) is 0 Å². The number of amides is 1. The molecule has 0 aliphatic heterocycles. The lowest BCUT2D eigenvalue weighted by Crippen LogP contribution is -2.35. The van der Waals surface area contributed by atoms with Gasteiger partial charge in [-0.05, 0) is 31.0 Å². The van der Waals surface area contributed by atoms with Gasteiger partial charge in [-0.3, -0.25) is 4.79 Å². The maximum absolute atomic E-state index is 12.4. The monoisotopic (exact) mass is 243 g/mol. The summed E-state index contributed by atoms with van der Waals surface area (Å²) >= 11 is 0. The van der Waals surface area contributed by atoms with E-state index in [1.165, 1.54) is 12.8 Å². The first-order valence-corrected chi connectivity index (χ1v) is 6.46. The number of imidazole rings is 1. The van der Waals surface area contributed by atoms with Crippen LogP contribution in [0.3, 0.4) is 0 Å². The number of aromatic amines is 1. The topological polar surface area (TPSA) is 49.0 Å². The number of carbonyl (C=O) groups is 1. The Hall–Kier alpha value is -1.84. The van der Waals surface area contributed by atoms with Gasteiger partial charge in [-0.2, -0.15) is 0 Å². The minimum atomic E-state index is 0.110. The number of H-pyrrole nitrogens is 1. The van der Waals surface area contributed by atoms with Crippen molar-refractivity contribution in [1.29, 1.82) is 0 Å². The van der Waals surface area contributed by atoms with Crippen LogP contribution in [-0.4, -0.2) is 33.9 Å². The summed E-state index contributed by atoms with van der Waals surface area (Å²) < 4.78 is 0. The summed E-state index contributed by atoms with van der Waals surface area (Å²) in [6.45, 7) is 0. The normalized spacial score (nSPS) is 16.3. The molecule has 1 aliphatic rings. The third-order valence-electron chi connectivity index (χ3n) is 3.86. The van der Waals surface area contributed by atoms with E-state index in [2.05, 4.69) is 9.97 Å². The molecule has 2 aromatic rings. The van der Waals surface area contributed by atoms with Gasteiger partial charge < -0.3 is 9.88 Å². The molecule has 4 nitrogen and oxygen atoms in total. The fourth-order valence-electron chi connectivity index (χ4n) is 2.73. The van der Waals surface area contributed by atoms with Crippen molar-refractivity contribution in [2.24, 2.45) is 0 Å². The molecule has 94 valence electrons. The Morgan fingerprint density at radius 1 is 1.39 bits per heavy atom. The molecule has 1 saturated carbocycles. The Bertz CT molecular complexity index is 569. The number of hydrogen-bond donors (Lipinski definition) is 1. The molecule has 3 rings (SSSR count). The van der Waals surface area contributed by atoms with Crippen molar-refractivity contribution in [3.05, 3.63) is 30.1 Å². The van der Waals surface area contributed by atoms with Crippen LogP contribution in [0.2, 0.25) is 0 Å². The summed E-state index contributed by atoms with van der Waals surface area (Å²) in [4.78, 5) is 21.5. The summed E-state index contributed by atoms with van der Waals surface area (Å²) in [6.07, 6.45) is 6.40. The van der Waals surface area contributed by atoms with E-state index in [1.807, 2.05) is 30.1 Å². The molecule has 0 bridgehead atoms. The Kier molecular flexibility index (Phi) is 2.78. The van der Waals surface area contributed by atoms with Crippen molar-refractivity contribution in [1.82, 2.24) is 14.9 Å². The lowest BCUT2D eigenvalue weighted by molar-refractivity contribution is 0.0735. The minimum absolute atomic E-state index is 0.110. The van der Waals surface area contributed by atoms with E-state index < -0.39 is 0 Å². The maximum atomic E-state index is 12.4. The summed E-state index contributed by atoms with van der Waals surface area (Å²) in [5.41, 5.74) is 2.55. The quantitative estimate of drug-likeness (QED) is 0.881. The Morgan fingerprint density at radius 2 is 2.17 bits per heavy atom. The highest BCUT2D eigenvalue weighted by molar-refractivity contribution is 5.97. The number of fused-ring (bicyclic) bond motifs is 1. The van der Waals surface area contributed by atoms with Crippen molar-refractivity contribution in [2.75, 3.05) is 7.05 Å². The summed E-state index contributed by atoms with van der Waals surface area (Å²) in [6, 6.07) is 6.05. The molecule has 4 heteroatoms. The second kappa shape index (κ2) is 4.44. The van der Waals surface area contributed by atoms with Gasteiger partial charge in [0.15, 0.2) is 0 Å². The van der Waals surface area contributed by atoms with Gasteiger partial charge >= 0.3 is 0 Å². The molecule has 0 unspecified atom stereocenters. The molecular formula is C14H17N3O. The number of aromatic nitrogens is 2. The van der Waals surface area contributed by atoms with Crippen molar-refractivity contribution in [3.8, 4) is 0 Å². The van der Waals surface area contributed by atoms with E-state index in [0.717, 1.165) is 29.4 Å². The third-order valence-corrected chi connectivity index (χ3v) is 3.86. The van der Waals surface area contributed by atoms with Crippen LogP contribution >= 0.6 is 0 Å². The lowest BCUT2D eigenvalue weighted by atomic mass is 10.1. The first kappa shape index (κ1) is 11.3. The standard InChI is InChI=1S/C14H17N3O/c1-17(11-4-2-3-5-11)14(18)10-6-7-12-13(8-10)16-9-15-12/h6-9,11H,2-5H2,1H3,(H,15,16). The van der Waals surface area contributed by atoms with E-state index >= 15 is 0 Å². The SMILES string of the molecule is CN(C(=O)c1ccc2nc[nH]c2c1)C1CCCC1. The number of benzene rings is 1. The zero-order valence-electron chi connectivity index (χ0n) is 10.5. The molecule has 18 heavy (non-hydrogen) atoms. The number of carbonyl (C=O) groups excluding carboxylic acids is 1. The summed E-state index contributed by atoms with van der Waals surface area (Å²) in [7, 11) is 1.91. The largest absolute Gasteiger partial charge is 0.345 e. The fraction of sp³-hybridized carbons (Fsp3) is 0.429. The van der Waals surface area contributed by atoms with E-state index in [0.29, 0.717) is 6.04 Å². The molecule has 0 saturated heterocycles. The van der Waals surface area contributed by atoms with Gasteiger partial charge in [0.25, 0.3) is 5.91 Å². The molecule has 1 heterocycles. The molecule has 0 spiro atoms. The zero-order valence-corrected chi connectivity index (χ0v) is 10.5. The van der Waals surface area contributed by atoms with Crippen LogP contribution in [0.4, 0.5) is 0 Å². The molecule has 1 fully saturated rings. The molecule has 1 amide bonds. The molecule has 1 aliphatic carbocycles. The van der Waals surface area contributed by atoms with Crippen LogP contribution in [0.1, 0.15) is 36.0 Å². The molecule has 1 aromatic carbocycles. The van der Waals surface area contributed by atoms with Gasteiger partial charge in [0, 0.05) is 18.7 Å². The Morgan fingerprint density at radius 3 is 2.94 bits per heavy atom. The third kappa shape index (κ3) is 1.88. The first-order valence-electron chi connectivity index (χ1n) is 6.46. The molecule has 0 atom stereocenters. The van der Waals surface area contributed by atoms with Crippen LogP contribution < -0.4 is 0 Å². The highest BCUT2D eigenvalue weighted by Gasteiger charge is 2.24. The van der Waals surface area contributed by atoms with Gasteiger partial charge in [0.1, 0.15) is 0 Å². The van der Waals surface area contributed by atoms with Crippen molar-refractivity contribution < 1.29 is 4.79 Å². The van der Waals surface area contributed by atoms with Crippen molar-refractivity contribution >= 4 is 16.9 Å². The van der Waals surface area contributed by atoms with Gasteiger partial charge in [0.05, 0.1) is 17.4 Å². The second-order valence-electron chi connectivity index (χ2n) is 4.99. The second-order valence-corrected chi connectivity index (χ2v) is 4.99. The predicted molar refractivity (Wildman–Crippen MR) is 70.4 cm³/mol. The highest BCUT2D eigenvalue weighted by Crippen LogP contribution is 2.24. The highest BCUT2D eigenvalue weighted by atomic mass is 16.2. The smallest absolute Gasteiger partial charge is 0.253 e. The molecular weight excluding hydrogens is 226 g/mol. The van der Waals surface area contributed by atoms with E-state index in [9.17, 15) is 4.79 Å². The lowest BCUT2D eigenvalue weighted by Gasteiger charge is -2.24. The minimum Gasteiger partial charge on any atom is -0.345 e. The van der Waals surface area contributed by atoms with E-state index in [-0.39, 0.29) is 5.91 Å². The number of nitrogens with one attached hydrogen (secondary N) is 1. The predicted octanol–water partition coefficient (Wildman–Crippen LogP) is 2.58. The van der Waals surface area contributed by atoms with Crippen LogP contribution in [0.15, 0.2) is 24.5 Å². The molecule has 1 aromatic heterocycles. The number of nitrogens with zero attached hydrogens (tertiary/aromatic N) is 2. The van der Waals surface area contributed by atoms with Gasteiger partial charge in [0.2, 0.25) is 0 Å². The van der Waals surface area contributed by atoms with Crippen molar-refractivity contribution in [2.45, 2.75) is 31.7 Å². The summed E-state index contributed by atoms with van der Waals surface area (Å²) in [5, 5.41) is 0. The van der Waals surface area contributed by atoms with Crippen LogP contribution in [0.5, 0.6) is 0 Å². The van der Waals surface area contributed by atoms with Crippen molar-refractivity contribution in [3.63, 3.8) is 0 Å². The first-order chi connectivity index (χ1) is 8.75. The van der Waals surface area contributed by atoms with Crippen LogP contribution in [0, 0.1) is 0 Å². The summed E-state index contributed by atoms with van der Waals surface area (Å²) in [5.74, 6) is 0.110. The average molecular weight is 243 g/mol. The average Bonchev–Trinajstić information content (AvgIpc) is 3.06. The number of hydrogen-bond acceptors (Lipinski definition) is 2. The van der Waals surface area contributed by atoms with Crippen LogP contribution in [0.25, 0.3) is 11.0 Å².